The molecule has 9 heteroatoms. The van der Waals surface area contributed by atoms with Gasteiger partial charge in [-0.2, -0.15) is 0 Å². The number of benzene rings is 2. The zero-order chi connectivity index (χ0) is 23.0. The zero-order valence-electron chi connectivity index (χ0n) is 17.8. The van der Waals surface area contributed by atoms with Crippen LogP contribution in [0.1, 0.15) is 36.4 Å². The lowest BCUT2D eigenvalue weighted by molar-refractivity contribution is 0.0950. The zero-order valence-corrected chi connectivity index (χ0v) is 18.6. The third kappa shape index (κ3) is 5.98. The van der Waals surface area contributed by atoms with Gasteiger partial charge in [0.1, 0.15) is 12.4 Å². The molecule has 2 aromatic carbocycles. The van der Waals surface area contributed by atoms with Crippen molar-refractivity contribution in [2.24, 2.45) is 0 Å². The number of pyridine rings is 1. The SMILES string of the molecule is Cc1ccccc1OCc1nnc(C(=O)Nc2ccc(C(=O)NCc3ccccn3)cc2)s1. The topological polar surface area (TPSA) is 106 Å². The summed E-state index contributed by atoms with van der Waals surface area (Å²) in [5, 5.41) is 14.4. The van der Waals surface area contributed by atoms with Gasteiger partial charge in [-0.25, -0.2) is 0 Å². The summed E-state index contributed by atoms with van der Waals surface area (Å²) in [7, 11) is 0. The first kappa shape index (κ1) is 22.1. The van der Waals surface area contributed by atoms with E-state index in [9.17, 15) is 9.59 Å². The number of nitrogens with zero attached hydrogens (tertiary/aromatic N) is 3. The van der Waals surface area contributed by atoms with E-state index >= 15 is 0 Å². The number of hydrogen-bond donors (Lipinski definition) is 2. The Bertz CT molecular complexity index is 1240. The van der Waals surface area contributed by atoms with Gasteiger partial charge in [-0.3, -0.25) is 14.6 Å². The number of ether oxygens (including phenoxy) is 1. The van der Waals surface area contributed by atoms with Crippen molar-refractivity contribution >= 4 is 28.8 Å². The van der Waals surface area contributed by atoms with Gasteiger partial charge in [0.15, 0.2) is 5.01 Å². The summed E-state index contributed by atoms with van der Waals surface area (Å²) in [6.45, 7) is 2.53. The Kier molecular flexibility index (Phi) is 7.01. The van der Waals surface area contributed by atoms with Crippen LogP contribution in [0.5, 0.6) is 5.75 Å². The van der Waals surface area contributed by atoms with E-state index in [0.717, 1.165) is 17.0 Å². The summed E-state index contributed by atoms with van der Waals surface area (Å²) in [6, 6.07) is 19.8. The van der Waals surface area contributed by atoms with Gasteiger partial charge in [0.25, 0.3) is 11.8 Å². The van der Waals surface area contributed by atoms with Gasteiger partial charge in [-0.1, -0.05) is 35.6 Å². The van der Waals surface area contributed by atoms with E-state index in [4.69, 9.17) is 4.74 Å². The predicted octanol–water partition coefficient (Wildman–Crippen LogP) is 4.00. The number of hydrogen-bond acceptors (Lipinski definition) is 7. The van der Waals surface area contributed by atoms with Crippen molar-refractivity contribution < 1.29 is 14.3 Å². The smallest absolute Gasteiger partial charge is 0.286 e. The highest BCUT2D eigenvalue weighted by Gasteiger charge is 2.14. The fraction of sp³-hybridized carbons (Fsp3) is 0.125. The predicted molar refractivity (Wildman–Crippen MR) is 125 cm³/mol. The summed E-state index contributed by atoms with van der Waals surface area (Å²) in [6.07, 6.45) is 1.68. The van der Waals surface area contributed by atoms with E-state index in [-0.39, 0.29) is 23.4 Å². The van der Waals surface area contributed by atoms with Crippen LogP contribution >= 0.6 is 11.3 Å². The van der Waals surface area contributed by atoms with Crippen molar-refractivity contribution in [2.45, 2.75) is 20.1 Å². The van der Waals surface area contributed by atoms with Crippen LogP contribution in [0.4, 0.5) is 5.69 Å². The molecule has 0 saturated heterocycles. The van der Waals surface area contributed by atoms with E-state index in [1.54, 1.807) is 30.5 Å². The second kappa shape index (κ2) is 10.5. The van der Waals surface area contributed by atoms with Crippen molar-refractivity contribution in [3.05, 3.63) is 99.8 Å². The third-order valence-corrected chi connectivity index (χ3v) is 5.56. The first-order chi connectivity index (χ1) is 16.1. The molecular formula is C24H21N5O3S. The van der Waals surface area contributed by atoms with E-state index in [0.29, 0.717) is 22.8 Å². The molecule has 0 aliphatic heterocycles. The monoisotopic (exact) mass is 459 g/mol. The standard InChI is InChI=1S/C24H21N5O3S/c1-16-6-2-3-8-20(16)32-15-21-28-29-24(33-21)23(31)27-18-11-9-17(10-12-18)22(30)26-14-19-7-4-5-13-25-19/h2-13H,14-15H2,1H3,(H,26,30)(H,27,31). The third-order valence-electron chi connectivity index (χ3n) is 4.67. The fourth-order valence-corrected chi connectivity index (χ4v) is 3.57. The van der Waals surface area contributed by atoms with Gasteiger partial charge in [-0.05, 0) is 55.0 Å². The average Bonchev–Trinajstić information content (AvgIpc) is 3.32. The number of para-hydroxylation sites is 1. The van der Waals surface area contributed by atoms with Crippen LogP contribution in [-0.4, -0.2) is 27.0 Å². The first-order valence-electron chi connectivity index (χ1n) is 10.2. The van der Waals surface area contributed by atoms with E-state index in [2.05, 4.69) is 25.8 Å². The summed E-state index contributed by atoms with van der Waals surface area (Å²) < 4.78 is 5.75. The molecule has 0 aliphatic carbocycles. The number of rotatable bonds is 8. The van der Waals surface area contributed by atoms with E-state index in [1.807, 2.05) is 49.4 Å². The van der Waals surface area contributed by atoms with E-state index < -0.39 is 0 Å². The summed E-state index contributed by atoms with van der Waals surface area (Å²) >= 11 is 1.17. The second-order valence-electron chi connectivity index (χ2n) is 7.09. The highest BCUT2D eigenvalue weighted by molar-refractivity contribution is 7.13. The lowest BCUT2D eigenvalue weighted by atomic mass is 10.2. The molecule has 0 bridgehead atoms. The molecule has 4 rings (SSSR count). The first-order valence-corrected chi connectivity index (χ1v) is 11.0. The molecule has 2 N–H and O–H groups in total. The molecule has 2 amide bonds. The van der Waals surface area contributed by atoms with Crippen molar-refractivity contribution in [3.8, 4) is 5.75 Å². The maximum atomic E-state index is 12.5. The summed E-state index contributed by atoms with van der Waals surface area (Å²) in [5.74, 6) is 0.172. The number of carbonyl (C=O) groups excluding carboxylic acids is 2. The molecule has 4 aromatic rings. The Balaban J connectivity index is 1.29. The van der Waals surface area contributed by atoms with Crippen LogP contribution in [0.3, 0.4) is 0 Å². The highest BCUT2D eigenvalue weighted by atomic mass is 32.1. The minimum absolute atomic E-state index is 0.221. The molecule has 0 radical (unpaired) electrons. The van der Waals surface area contributed by atoms with E-state index in [1.165, 1.54) is 11.3 Å². The molecule has 2 aromatic heterocycles. The quantitative estimate of drug-likeness (QED) is 0.413. The molecule has 2 heterocycles. The number of amides is 2. The molecule has 166 valence electrons. The Morgan fingerprint density at radius 3 is 2.48 bits per heavy atom. The molecule has 0 spiro atoms. The largest absolute Gasteiger partial charge is 0.486 e. The minimum Gasteiger partial charge on any atom is -0.486 e. The molecule has 33 heavy (non-hydrogen) atoms. The minimum atomic E-state index is -0.373. The van der Waals surface area contributed by atoms with Crippen molar-refractivity contribution in [2.75, 3.05) is 5.32 Å². The summed E-state index contributed by atoms with van der Waals surface area (Å²) in [5.41, 5.74) is 2.83. The van der Waals surface area contributed by atoms with Gasteiger partial charge in [0, 0.05) is 17.4 Å². The number of nitrogens with one attached hydrogen (secondary N) is 2. The van der Waals surface area contributed by atoms with Crippen molar-refractivity contribution in [3.63, 3.8) is 0 Å². The Labute approximate surface area is 194 Å². The van der Waals surface area contributed by atoms with Crippen LogP contribution in [-0.2, 0) is 13.2 Å². The molecule has 0 atom stereocenters. The number of aromatic nitrogens is 3. The maximum absolute atomic E-state index is 12.5. The molecule has 8 nitrogen and oxygen atoms in total. The van der Waals surface area contributed by atoms with Gasteiger partial charge >= 0.3 is 0 Å². The Morgan fingerprint density at radius 1 is 0.939 bits per heavy atom. The Hall–Kier alpha value is -4.11. The molecule has 0 unspecified atom stereocenters. The van der Waals surface area contributed by atoms with Crippen LogP contribution in [0.25, 0.3) is 0 Å². The number of carbonyl (C=O) groups is 2. The lowest BCUT2D eigenvalue weighted by Crippen LogP contribution is -2.23. The summed E-state index contributed by atoms with van der Waals surface area (Å²) in [4.78, 5) is 29.0. The van der Waals surface area contributed by atoms with Crippen molar-refractivity contribution in [1.82, 2.24) is 20.5 Å². The molecule has 0 fully saturated rings. The maximum Gasteiger partial charge on any atom is 0.286 e. The fourth-order valence-electron chi connectivity index (χ4n) is 2.93. The number of anilines is 1. The van der Waals surface area contributed by atoms with Crippen molar-refractivity contribution in [1.29, 1.82) is 0 Å². The average molecular weight is 460 g/mol. The van der Waals surface area contributed by atoms with Gasteiger partial charge in [0.05, 0.1) is 12.2 Å². The second-order valence-corrected chi connectivity index (χ2v) is 8.15. The molecular weight excluding hydrogens is 438 g/mol. The Morgan fingerprint density at radius 2 is 1.73 bits per heavy atom. The highest BCUT2D eigenvalue weighted by Crippen LogP contribution is 2.20. The molecule has 0 aliphatic rings. The lowest BCUT2D eigenvalue weighted by Gasteiger charge is -2.07. The van der Waals surface area contributed by atoms with Crippen LogP contribution in [0.2, 0.25) is 0 Å². The normalized spacial score (nSPS) is 10.5. The van der Waals surface area contributed by atoms with Crippen LogP contribution in [0, 0.1) is 6.92 Å². The molecule has 0 saturated carbocycles. The van der Waals surface area contributed by atoms with Gasteiger partial charge in [0.2, 0.25) is 5.01 Å². The van der Waals surface area contributed by atoms with Crippen LogP contribution < -0.4 is 15.4 Å². The van der Waals surface area contributed by atoms with Gasteiger partial charge in [-0.15, -0.1) is 10.2 Å². The van der Waals surface area contributed by atoms with Crippen LogP contribution in [0.15, 0.2) is 72.9 Å². The number of aryl methyl sites for hydroxylation is 1. The van der Waals surface area contributed by atoms with Gasteiger partial charge < -0.3 is 15.4 Å².